The Kier molecular flexibility index (Phi) is 2.60. The van der Waals surface area contributed by atoms with Gasteiger partial charge in [-0.25, -0.2) is 9.48 Å². The highest BCUT2D eigenvalue weighted by Crippen LogP contribution is 2.19. The highest BCUT2D eigenvalue weighted by atomic mass is 16.4. The molecule has 1 unspecified atom stereocenters. The van der Waals surface area contributed by atoms with E-state index in [0.29, 0.717) is 0 Å². The Bertz CT molecular complexity index is 663. The maximum absolute atomic E-state index is 10.9. The van der Waals surface area contributed by atoms with E-state index >= 15 is 0 Å². The summed E-state index contributed by atoms with van der Waals surface area (Å²) >= 11 is 0. The summed E-state index contributed by atoms with van der Waals surface area (Å²) in [6, 6.07) is 7.84. The number of fused-ring (bicyclic) bond motifs is 1. The molecule has 7 nitrogen and oxygen atoms in total. The second kappa shape index (κ2) is 4.29. The molecular weight excluding hydrogens is 246 g/mol. The van der Waals surface area contributed by atoms with Gasteiger partial charge >= 0.3 is 5.97 Å². The first-order valence-electron chi connectivity index (χ1n) is 5.77. The zero-order chi connectivity index (χ0) is 13.4. The SMILES string of the molecule is CN1C=C(C(=O)O)NNC1n1ncc2ccccc21. The van der Waals surface area contributed by atoms with Crippen LogP contribution in [0.1, 0.15) is 6.29 Å². The minimum Gasteiger partial charge on any atom is -0.476 e. The molecule has 0 spiro atoms. The Hall–Kier alpha value is -2.54. The molecule has 3 rings (SSSR count). The van der Waals surface area contributed by atoms with Crippen molar-refractivity contribution >= 4 is 16.9 Å². The molecule has 19 heavy (non-hydrogen) atoms. The van der Waals surface area contributed by atoms with Crippen LogP contribution in [0.3, 0.4) is 0 Å². The van der Waals surface area contributed by atoms with Gasteiger partial charge in [0.15, 0.2) is 12.0 Å². The van der Waals surface area contributed by atoms with E-state index in [2.05, 4.69) is 16.0 Å². The number of carboxylic acid groups (broad SMARTS) is 1. The highest BCUT2D eigenvalue weighted by Gasteiger charge is 2.23. The highest BCUT2D eigenvalue weighted by molar-refractivity contribution is 5.85. The number of hydrazine groups is 1. The summed E-state index contributed by atoms with van der Waals surface area (Å²) in [4.78, 5) is 12.6. The largest absolute Gasteiger partial charge is 0.476 e. The van der Waals surface area contributed by atoms with E-state index in [9.17, 15) is 4.79 Å². The molecule has 2 aromatic rings. The minimum atomic E-state index is -1.01. The Balaban J connectivity index is 1.98. The molecule has 0 amide bonds. The molecule has 0 radical (unpaired) electrons. The number of hydrogen-bond acceptors (Lipinski definition) is 5. The van der Waals surface area contributed by atoms with E-state index in [0.717, 1.165) is 10.9 Å². The van der Waals surface area contributed by atoms with Gasteiger partial charge in [0.05, 0.1) is 11.7 Å². The number of nitrogens with zero attached hydrogens (tertiary/aromatic N) is 3. The maximum atomic E-state index is 10.9. The van der Waals surface area contributed by atoms with E-state index < -0.39 is 5.97 Å². The summed E-state index contributed by atoms with van der Waals surface area (Å²) in [7, 11) is 1.79. The van der Waals surface area contributed by atoms with Gasteiger partial charge in [0.1, 0.15) is 0 Å². The molecule has 1 aromatic carbocycles. The predicted octanol–water partition coefficient (Wildman–Crippen LogP) is 0.458. The predicted molar refractivity (Wildman–Crippen MR) is 68.5 cm³/mol. The van der Waals surface area contributed by atoms with Gasteiger partial charge in [-0.15, -0.1) is 0 Å². The standard InChI is InChI=1S/C12H13N5O2/c1-16-7-9(11(18)19)14-15-12(16)17-10-5-3-2-4-8(10)6-13-17/h2-7,12,14-15H,1H3,(H,18,19). The van der Waals surface area contributed by atoms with E-state index in [1.807, 2.05) is 24.3 Å². The number of hydrogen-bond donors (Lipinski definition) is 3. The van der Waals surface area contributed by atoms with Gasteiger partial charge < -0.3 is 15.4 Å². The molecule has 0 fully saturated rings. The summed E-state index contributed by atoms with van der Waals surface area (Å²) in [6.45, 7) is 0. The average Bonchev–Trinajstić information content (AvgIpc) is 2.82. The smallest absolute Gasteiger partial charge is 0.354 e. The second-order valence-corrected chi connectivity index (χ2v) is 4.30. The van der Waals surface area contributed by atoms with Crippen LogP contribution in [0.25, 0.3) is 10.9 Å². The van der Waals surface area contributed by atoms with Crippen LogP contribution < -0.4 is 10.9 Å². The van der Waals surface area contributed by atoms with Gasteiger partial charge in [-0.05, 0) is 6.07 Å². The van der Waals surface area contributed by atoms with Crippen molar-refractivity contribution in [3.05, 3.63) is 42.4 Å². The molecule has 1 aromatic heterocycles. The Morgan fingerprint density at radius 1 is 1.42 bits per heavy atom. The summed E-state index contributed by atoms with van der Waals surface area (Å²) in [6.07, 6.45) is 3.02. The number of carbonyl (C=O) groups is 1. The molecule has 1 aliphatic heterocycles. The minimum absolute atomic E-state index is 0.0928. The van der Waals surface area contributed by atoms with Crippen LogP contribution in [0, 0.1) is 0 Å². The topological polar surface area (TPSA) is 82.4 Å². The van der Waals surface area contributed by atoms with Crippen molar-refractivity contribution in [2.75, 3.05) is 7.05 Å². The van der Waals surface area contributed by atoms with E-state index in [-0.39, 0.29) is 12.0 Å². The molecule has 2 heterocycles. The fourth-order valence-corrected chi connectivity index (χ4v) is 2.08. The number of carboxylic acids is 1. The number of benzene rings is 1. The lowest BCUT2D eigenvalue weighted by atomic mass is 10.2. The first-order chi connectivity index (χ1) is 9.16. The number of para-hydroxylation sites is 1. The van der Waals surface area contributed by atoms with Crippen LogP contribution in [-0.2, 0) is 4.79 Å². The Morgan fingerprint density at radius 2 is 2.21 bits per heavy atom. The van der Waals surface area contributed by atoms with Gasteiger partial charge in [-0.3, -0.25) is 0 Å². The van der Waals surface area contributed by atoms with Crippen molar-refractivity contribution in [3.63, 3.8) is 0 Å². The van der Waals surface area contributed by atoms with Crippen molar-refractivity contribution in [1.82, 2.24) is 25.5 Å². The van der Waals surface area contributed by atoms with Crippen molar-refractivity contribution in [2.45, 2.75) is 6.29 Å². The molecule has 98 valence electrons. The number of rotatable bonds is 2. The lowest BCUT2D eigenvalue weighted by Crippen LogP contribution is -2.50. The Morgan fingerprint density at radius 3 is 2.95 bits per heavy atom. The fourth-order valence-electron chi connectivity index (χ4n) is 2.08. The number of aromatic nitrogens is 2. The third-order valence-corrected chi connectivity index (χ3v) is 3.02. The second-order valence-electron chi connectivity index (χ2n) is 4.30. The summed E-state index contributed by atoms with van der Waals surface area (Å²) in [5, 5.41) is 14.3. The molecular formula is C12H13N5O2. The molecule has 0 bridgehead atoms. The summed E-state index contributed by atoms with van der Waals surface area (Å²) in [5.74, 6) is -1.01. The van der Waals surface area contributed by atoms with Crippen molar-refractivity contribution in [2.24, 2.45) is 0 Å². The van der Waals surface area contributed by atoms with Crippen LogP contribution in [0.2, 0.25) is 0 Å². The number of nitrogens with one attached hydrogen (secondary N) is 2. The third-order valence-electron chi connectivity index (χ3n) is 3.02. The normalized spacial score (nSPS) is 19.1. The fraction of sp³-hybridized carbons (Fsp3) is 0.167. The van der Waals surface area contributed by atoms with Crippen LogP contribution in [0.4, 0.5) is 0 Å². The van der Waals surface area contributed by atoms with Gasteiger partial charge in [-0.1, -0.05) is 18.2 Å². The molecule has 0 saturated carbocycles. The van der Waals surface area contributed by atoms with Crippen molar-refractivity contribution < 1.29 is 9.90 Å². The van der Waals surface area contributed by atoms with Crippen LogP contribution in [0.15, 0.2) is 42.4 Å². The molecule has 7 heteroatoms. The zero-order valence-corrected chi connectivity index (χ0v) is 10.2. The van der Waals surface area contributed by atoms with Crippen LogP contribution in [-0.4, -0.2) is 32.8 Å². The van der Waals surface area contributed by atoms with Gasteiger partial charge in [0.2, 0.25) is 0 Å². The van der Waals surface area contributed by atoms with Crippen molar-refractivity contribution in [1.29, 1.82) is 0 Å². The quantitative estimate of drug-likeness (QED) is 0.726. The average molecular weight is 259 g/mol. The van der Waals surface area contributed by atoms with Gasteiger partial charge in [0.25, 0.3) is 0 Å². The molecule has 0 aliphatic carbocycles. The summed E-state index contributed by atoms with van der Waals surface area (Å²) in [5.41, 5.74) is 6.65. The first-order valence-corrected chi connectivity index (χ1v) is 5.77. The summed E-state index contributed by atoms with van der Waals surface area (Å²) < 4.78 is 1.79. The zero-order valence-electron chi connectivity index (χ0n) is 10.2. The Labute approximate surface area is 109 Å². The monoisotopic (exact) mass is 259 g/mol. The van der Waals surface area contributed by atoms with Gasteiger partial charge in [-0.2, -0.15) is 10.5 Å². The molecule has 3 N–H and O–H groups in total. The van der Waals surface area contributed by atoms with E-state index in [1.54, 1.807) is 22.8 Å². The lowest BCUT2D eigenvalue weighted by Gasteiger charge is -2.33. The van der Waals surface area contributed by atoms with Crippen molar-refractivity contribution in [3.8, 4) is 0 Å². The lowest BCUT2D eigenvalue weighted by molar-refractivity contribution is -0.133. The first kappa shape index (κ1) is 11.5. The van der Waals surface area contributed by atoms with E-state index in [1.165, 1.54) is 6.20 Å². The molecule has 0 saturated heterocycles. The molecule has 1 aliphatic rings. The van der Waals surface area contributed by atoms with Gasteiger partial charge in [0, 0.05) is 18.6 Å². The van der Waals surface area contributed by atoms with Crippen LogP contribution in [0.5, 0.6) is 0 Å². The maximum Gasteiger partial charge on any atom is 0.354 e. The third kappa shape index (κ3) is 1.89. The number of aliphatic carboxylic acids is 1. The molecule has 1 atom stereocenters. The van der Waals surface area contributed by atoms with Crippen LogP contribution >= 0.6 is 0 Å². The van der Waals surface area contributed by atoms with E-state index in [4.69, 9.17) is 5.11 Å².